The maximum absolute atomic E-state index is 12.4. The third-order valence-electron chi connectivity index (χ3n) is 5.66. The Kier molecular flexibility index (Phi) is 5.28. The van der Waals surface area contributed by atoms with Gasteiger partial charge in [-0.3, -0.25) is 9.79 Å². The van der Waals surface area contributed by atoms with Gasteiger partial charge in [-0.15, -0.1) is 0 Å². The molecule has 0 saturated heterocycles. The molecule has 152 valence electrons. The number of anilines is 1. The first-order valence-corrected chi connectivity index (χ1v) is 10.1. The number of carbonyl (C=O) groups is 1. The number of aliphatic imine (C=N–C) groups is 1. The molecule has 1 amide bonds. The van der Waals surface area contributed by atoms with Gasteiger partial charge < -0.3 is 20.3 Å². The van der Waals surface area contributed by atoms with Gasteiger partial charge in [-0.1, -0.05) is 6.07 Å². The highest BCUT2D eigenvalue weighted by Crippen LogP contribution is 2.43. The maximum Gasteiger partial charge on any atom is 0.251 e. The molecule has 6 heteroatoms. The van der Waals surface area contributed by atoms with Crippen LogP contribution in [0.25, 0.3) is 11.1 Å². The Morgan fingerprint density at radius 2 is 2.03 bits per heavy atom. The maximum atomic E-state index is 12.4. The van der Waals surface area contributed by atoms with Crippen molar-refractivity contribution in [1.29, 1.82) is 0 Å². The zero-order chi connectivity index (χ0) is 20.5. The lowest BCUT2D eigenvalue weighted by Gasteiger charge is -2.26. The number of ether oxygens (including phenoxy) is 1. The summed E-state index contributed by atoms with van der Waals surface area (Å²) in [5.41, 5.74) is 12.4. The van der Waals surface area contributed by atoms with Gasteiger partial charge in [0.15, 0.2) is 0 Å². The van der Waals surface area contributed by atoms with Crippen LogP contribution in [0.2, 0.25) is 0 Å². The Hall–Kier alpha value is -2.86. The number of carbonyl (C=O) groups excluding carboxylic acids is 1. The lowest BCUT2D eigenvalue weighted by atomic mass is 9.92. The van der Waals surface area contributed by atoms with Crippen LogP contribution in [-0.4, -0.2) is 57.9 Å². The molecule has 2 N–H and O–H groups in total. The van der Waals surface area contributed by atoms with Crippen LogP contribution in [0.5, 0.6) is 5.75 Å². The van der Waals surface area contributed by atoms with Gasteiger partial charge in [0.2, 0.25) is 0 Å². The monoisotopic (exact) mass is 392 g/mol. The topological polar surface area (TPSA) is 71.2 Å². The normalized spacial score (nSPS) is 14.5. The predicted molar refractivity (Wildman–Crippen MR) is 118 cm³/mol. The van der Waals surface area contributed by atoms with Crippen molar-refractivity contribution < 1.29 is 9.53 Å². The van der Waals surface area contributed by atoms with E-state index in [9.17, 15) is 4.79 Å². The third kappa shape index (κ3) is 3.72. The molecule has 0 aliphatic carbocycles. The van der Waals surface area contributed by atoms with Gasteiger partial charge in [-0.2, -0.15) is 0 Å². The summed E-state index contributed by atoms with van der Waals surface area (Å²) in [6.07, 6.45) is 4.55. The number of benzene rings is 2. The van der Waals surface area contributed by atoms with Crippen molar-refractivity contribution >= 4 is 23.5 Å². The van der Waals surface area contributed by atoms with Crippen molar-refractivity contribution in [2.75, 3.05) is 45.7 Å². The molecule has 2 aromatic rings. The van der Waals surface area contributed by atoms with Gasteiger partial charge in [-0.05, 0) is 61.8 Å². The van der Waals surface area contributed by atoms with E-state index in [1.165, 1.54) is 5.56 Å². The van der Waals surface area contributed by atoms with E-state index >= 15 is 0 Å². The van der Waals surface area contributed by atoms with Gasteiger partial charge in [0.1, 0.15) is 5.75 Å². The summed E-state index contributed by atoms with van der Waals surface area (Å²) in [6.45, 7) is 2.46. The molecule has 2 aliphatic rings. The van der Waals surface area contributed by atoms with Crippen molar-refractivity contribution in [2.45, 2.75) is 19.3 Å². The molecule has 0 saturated carbocycles. The molecule has 0 fully saturated rings. The van der Waals surface area contributed by atoms with Crippen LogP contribution in [0.1, 0.15) is 27.9 Å². The van der Waals surface area contributed by atoms with Gasteiger partial charge in [0.05, 0.1) is 23.5 Å². The first kappa shape index (κ1) is 19.5. The molecule has 0 atom stereocenters. The SMILES string of the molecule is CN(C)CCN(C)c1cc(-c2ccc3c(c2)CCCO3)c2c(c1C(N)=O)CC=N2. The van der Waals surface area contributed by atoms with E-state index in [0.29, 0.717) is 12.0 Å². The highest BCUT2D eigenvalue weighted by atomic mass is 16.5. The number of nitrogens with two attached hydrogens (primary N) is 1. The molecule has 29 heavy (non-hydrogen) atoms. The summed E-state index contributed by atoms with van der Waals surface area (Å²) in [5, 5.41) is 0. The first-order chi connectivity index (χ1) is 14.0. The second-order valence-corrected chi connectivity index (χ2v) is 8.02. The molecule has 0 spiro atoms. The Bertz CT molecular complexity index is 981. The molecular weight excluding hydrogens is 364 g/mol. The van der Waals surface area contributed by atoms with Crippen LogP contribution < -0.4 is 15.4 Å². The quantitative estimate of drug-likeness (QED) is 0.820. The summed E-state index contributed by atoms with van der Waals surface area (Å²) in [5.74, 6) is 0.570. The molecule has 0 aromatic heterocycles. The van der Waals surface area contributed by atoms with Crippen LogP contribution in [-0.2, 0) is 12.8 Å². The lowest BCUT2D eigenvalue weighted by Crippen LogP contribution is -2.30. The molecule has 0 unspecified atom stereocenters. The largest absolute Gasteiger partial charge is 0.493 e. The highest BCUT2D eigenvalue weighted by Gasteiger charge is 2.26. The third-order valence-corrected chi connectivity index (χ3v) is 5.66. The molecule has 6 nitrogen and oxygen atoms in total. The zero-order valence-corrected chi connectivity index (χ0v) is 17.4. The number of primary amides is 1. The molecule has 2 heterocycles. The Labute approximate surface area is 172 Å². The molecule has 2 aliphatic heterocycles. The number of rotatable bonds is 6. The lowest BCUT2D eigenvalue weighted by molar-refractivity contribution is 0.1000. The number of amides is 1. The average Bonchev–Trinajstić information content (AvgIpc) is 3.19. The number of aryl methyl sites for hydroxylation is 1. The minimum atomic E-state index is -0.399. The Morgan fingerprint density at radius 1 is 1.21 bits per heavy atom. The van der Waals surface area contributed by atoms with Crippen molar-refractivity contribution in [3.63, 3.8) is 0 Å². The standard InChI is InChI=1S/C23H28N4O2/c1-26(2)10-11-27(3)19-14-18(22-17(8-9-25-22)21(19)23(24)28)15-6-7-20-16(13-15)5-4-12-29-20/h6-7,9,13-14H,4-5,8,10-12H2,1-3H3,(H2,24,28). The van der Waals surface area contributed by atoms with Gasteiger partial charge in [-0.25, -0.2) is 0 Å². The van der Waals surface area contributed by atoms with E-state index in [2.05, 4.69) is 33.0 Å². The summed E-state index contributed by atoms with van der Waals surface area (Å²) >= 11 is 0. The van der Waals surface area contributed by atoms with E-state index in [1.807, 2.05) is 33.4 Å². The van der Waals surface area contributed by atoms with E-state index < -0.39 is 5.91 Å². The zero-order valence-electron chi connectivity index (χ0n) is 17.4. The van der Waals surface area contributed by atoms with Crippen LogP contribution in [0.4, 0.5) is 11.4 Å². The van der Waals surface area contributed by atoms with Gasteiger partial charge >= 0.3 is 0 Å². The second-order valence-electron chi connectivity index (χ2n) is 8.02. The minimum Gasteiger partial charge on any atom is -0.493 e. The number of nitrogens with zero attached hydrogens (tertiary/aromatic N) is 3. The van der Waals surface area contributed by atoms with Crippen LogP contribution in [0.15, 0.2) is 29.3 Å². The van der Waals surface area contributed by atoms with Crippen LogP contribution in [0.3, 0.4) is 0 Å². The Morgan fingerprint density at radius 3 is 2.79 bits per heavy atom. The van der Waals surface area contributed by atoms with E-state index in [4.69, 9.17) is 10.5 Å². The molecule has 2 aromatic carbocycles. The first-order valence-electron chi connectivity index (χ1n) is 10.1. The van der Waals surface area contributed by atoms with Gasteiger partial charge in [0, 0.05) is 38.3 Å². The fourth-order valence-electron chi connectivity index (χ4n) is 4.08. The summed E-state index contributed by atoms with van der Waals surface area (Å²) in [4.78, 5) is 21.2. The highest BCUT2D eigenvalue weighted by molar-refractivity contribution is 6.06. The summed E-state index contributed by atoms with van der Waals surface area (Å²) in [7, 11) is 6.10. The number of likely N-dealkylation sites (N-methyl/N-ethyl adjacent to an activating group) is 2. The molecular formula is C23H28N4O2. The van der Waals surface area contributed by atoms with Gasteiger partial charge in [0.25, 0.3) is 5.91 Å². The molecule has 0 bridgehead atoms. The fourth-order valence-corrected chi connectivity index (χ4v) is 4.08. The van der Waals surface area contributed by atoms with Crippen LogP contribution in [0, 0.1) is 0 Å². The van der Waals surface area contributed by atoms with Crippen LogP contribution >= 0.6 is 0 Å². The number of hydrogen-bond acceptors (Lipinski definition) is 5. The van der Waals surface area contributed by atoms with E-state index in [0.717, 1.165) is 66.4 Å². The second kappa shape index (κ2) is 7.87. The molecule has 4 rings (SSSR count). The fraction of sp³-hybridized carbons (Fsp3) is 0.391. The number of hydrogen-bond donors (Lipinski definition) is 1. The summed E-state index contributed by atoms with van der Waals surface area (Å²) in [6, 6.07) is 8.40. The smallest absolute Gasteiger partial charge is 0.251 e. The predicted octanol–water partition coefficient (Wildman–Crippen LogP) is 3.03. The van der Waals surface area contributed by atoms with E-state index in [-0.39, 0.29) is 0 Å². The molecule has 0 radical (unpaired) electrons. The minimum absolute atomic E-state index is 0.399. The van der Waals surface area contributed by atoms with Crippen molar-refractivity contribution in [1.82, 2.24) is 4.90 Å². The average molecular weight is 393 g/mol. The van der Waals surface area contributed by atoms with Crippen molar-refractivity contribution in [2.24, 2.45) is 10.7 Å². The van der Waals surface area contributed by atoms with Crippen molar-refractivity contribution in [3.05, 3.63) is 41.0 Å². The Balaban J connectivity index is 1.84. The van der Waals surface area contributed by atoms with E-state index in [1.54, 1.807) is 0 Å². The summed E-state index contributed by atoms with van der Waals surface area (Å²) < 4.78 is 5.77. The number of fused-ring (bicyclic) bond motifs is 2. The van der Waals surface area contributed by atoms with Crippen molar-refractivity contribution in [3.8, 4) is 16.9 Å².